The van der Waals surface area contributed by atoms with Crippen molar-refractivity contribution >= 4 is 23.2 Å². The van der Waals surface area contributed by atoms with E-state index >= 15 is 0 Å². The molecule has 0 aliphatic rings. The Hall–Kier alpha value is -1.25. The first kappa shape index (κ1) is 14.2. The van der Waals surface area contributed by atoms with Crippen LogP contribution in [0.2, 0.25) is 5.02 Å². The highest BCUT2D eigenvalue weighted by Crippen LogP contribution is 2.33. The normalized spacial score (nSPS) is 12.3. The molecule has 0 fully saturated rings. The standard InChI is InChI=1S/C15H13Cl2FO/c1-9-3-4-10(7-12(9)16)15(17)11-5-6-14(19-2)13(18)8-11/h3-8,15H,1-2H3. The average molecular weight is 299 g/mol. The smallest absolute Gasteiger partial charge is 0.165 e. The van der Waals surface area contributed by atoms with Crippen LogP contribution in [0.3, 0.4) is 0 Å². The molecule has 0 aliphatic carbocycles. The molecule has 1 atom stereocenters. The topological polar surface area (TPSA) is 9.23 Å². The van der Waals surface area contributed by atoms with Crippen LogP contribution in [0.25, 0.3) is 0 Å². The lowest BCUT2D eigenvalue weighted by molar-refractivity contribution is 0.386. The van der Waals surface area contributed by atoms with Gasteiger partial charge in [0.15, 0.2) is 11.6 Å². The van der Waals surface area contributed by atoms with Crippen LogP contribution in [0.5, 0.6) is 5.75 Å². The van der Waals surface area contributed by atoms with Gasteiger partial charge in [0.1, 0.15) is 0 Å². The molecule has 0 saturated carbocycles. The quantitative estimate of drug-likeness (QED) is 0.714. The summed E-state index contributed by atoms with van der Waals surface area (Å²) in [5.41, 5.74) is 2.48. The number of hydrogen-bond donors (Lipinski definition) is 0. The third-order valence-electron chi connectivity index (χ3n) is 2.96. The van der Waals surface area contributed by atoms with E-state index in [9.17, 15) is 4.39 Å². The summed E-state index contributed by atoms with van der Waals surface area (Å²) in [5.74, 6) is -0.224. The maximum absolute atomic E-state index is 13.7. The number of hydrogen-bond acceptors (Lipinski definition) is 1. The van der Waals surface area contributed by atoms with E-state index in [-0.39, 0.29) is 5.75 Å². The molecule has 1 unspecified atom stereocenters. The van der Waals surface area contributed by atoms with E-state index in [2.05, 4.69) is 0 Å². The highest BCUT2D eigenvalue weighted by atomic mass is 35.5. The SMILES string of the molecule is COc1ccc(C(Cl)c2ccc(C)c(Cl)c2)cc1F. The summed E-state index contributed by atoms with van der Waals surface area (Å²) < 4.78 is 18.5. The zero-order valence-corrected chi connectivity index (χ0v) is 12.1. The number of alkyl halides is 1. The van der Waals surface area contributed by atoms with Gasteiger partial charge < -0.3 is 4.74 Å². The van der Waals surface area contributed by atoms with Gasteiger partial charge in [0.05, 0.1) is 12.5 Å². The van der Waals surface area contributed by atoms with Crippen LogP contribution in [0.4, 0.5) is 4.39 Å². The zero-order chi connectivity index (χ0) is 14.0. The molecule has 0 aliphatic heterocycles. The minimum Gasteiger partial charge on any atom is -0.494 e. The summed E-state index contributed by atoms with van der Waals surface area (Å²) in [6.07, 6.45) is 0. The number of aryl methyl sites for hydroxylation is 1. The molecule has 2 aromatic carbocycles. The Morgan fingerprint density at radius 1 is 1.11 bits per heavy atom. The summed E-state index contributed by atoms with van der Waals surface area (Å²) in [5, 5.41) is 0.204. The van der Waals surface area contributed by atoms with Gasteiger partial charge >= 0.3 is 0 Å². The monoisotopic (exact) mass is 298 g/mol. The molecule has 0 amide bonds. The lowest BCUT2D eigenvalue weighted by Gasteiger charge is -2.13. The Labute approximate surface area is 121 Å². The van der Waals surface area contributed by atoms with E-state index in [4.69, 9.17) is 27.9 Å². The van der Waals surface area contributed by atoms with Gasteiger partial charge in [0, 0.05) is 5.02 Å². The first-order valence-electron chi connectivity index (χ1n) is 5.76. The fraction of sp³-hybridized carbons (Fsp3) is 0.200. The Morgan fingerprint density at radius 2 is 1.74 bits per heavy atom. The first-order valence-corrected chi connectivity index (χ1v) is 6.58. The van der Waals surface area contributed by atoms with Crippen LogP contribution in [0.15, 0.2) is 36.4 Å². The van der Waals surface area contributed by atoms with E-state index < -0.39 is 11.2 Å². The van der Waals surface area contributed by atoms with Crippen LogP contribution in [-0.2, 0) is 0 Å². The number of benzene rings is 2. The van der Waals surface area contributed by atoms with Crippen LogP contribution < -0.4 is 4.74 Å². The molecule has 0 heterocycles. The zero-order valence-electron chi connectivity index (χ0n) is 10.6. The van der Waals surface area contributed by atoms with Gasteiger partial charge in [-0.15, -0.1) is 11.6 Å². The molecule has 0 bridgehead atoms. The lowest BCUT2D eigenvalue weighted by atomic mass is 10.0. The van der Waals surface area contributed by atoms with E-state index in [1.165, 1.54) is 13.2 Å². The summed E-state index contributed by atoms with van der Waals surface area (Å²) in [6, 6.07) is 10.3. The van der Waals surface area contributed by atoms with Crippen LogP contribution in [-0.4, -0.2) is 7.11 Å². The number of ether oxygens (including phenoxy) is 1. The molecule has 0 saturated heterocycles. The van der Waals surface area contributed by atoms with Crippen LogP contribution >= 0.6 is 23.2 Å². The lowest BCUT2D eigenvalue weighted by Crippen LogP contribution is -1.96. The molecule has 2 rings (SSSR count). The second-order valence-corrected chi connectivity index (χ2v) is 5.11. The van der Waals surface area contributed by atoms with E-state index in [1.807, 2.05) is 19.1 Å². The Morgan fingerprint density at radius 3 is 2.32 bits per heavy atom. The molecule has 19 heavy (non-hydrogen) atoms. The van der Waals surface area contributed by atoms with E-state index in [0.717, 1.165) is 11.1 Å². The van der Waals surface area contributed by atoms with Crippen molar-refractivity contribution in [1.82, 2.24) is 0 Å². The molecule has 0 N–H and O–H groups in total. The van der Waals surface area contributed by atoms with Crippen molar-refractivity contribution in [2.45, 2.75) is 12.3 Å². The van der Waals surface area contributed by atoms with E-state index in [0.29, 0.717) is 10.6 Å². The van der Waals surface area contributed by atoms with Gasteiger partial charge in [-0.2, -0.15) is 0 Å². The van der Waals surface area contributed by atoms with E-state index in [1.54, 1.807) is 18.2 Å². The summed E-state index contributed by atoms with van der Waals surface area (Å²) in [7, 11) is 1.43. The van der Waals surface area contributed by atoms with Gasteiger partial charge in [-0.25, -0.2) is 4.39 Å². The number of halogens is 3. The minimum atomic E-state index is -0.446. The molecule has 2 aromatic rings. The minimum absolute atomic E-state index is 0.203. The summed E-state index contributed by atoms with van der Waals surface area (Å²) in [4.78, 5) is 0. The van der Waals surface area contributed by atoms with Crippen molar-refractivity contribution in [3.05, 3.63) is 63.9 Å². The number of methoxy groups -OCH3 is 1. The maximum atomic E-state index is 13.7. The second-order valence-electron chi connectivity index (χ2n) is 4.27. The third-order valence-corrected chi connectivity index (χ3v) is 3.87. The molecule has 0 spiro atoms. The first-order chi connectivity index (χ1) is 9.02. The average Bonchev–Trinajstić information content (AvgIpc) is 2.41. The molecular formula is C15H13Cl2FO. The van der Waals surface area contributed by atoms with Crippen molar-refractivity contribution < 1.29 is 9.13 Å². The summed E-state index contributed by atoms with van der Waals surface area (Å²) >= 11 is 12.4. The van der Waals surface area contributed by atoms with Crippen LogP contribution in [0, 0.1) is 12.7 Å². The Bertz CT molecular complexity index is 599. The summed E-state index contributed by atoms with van der Waals surface area (Å²) in [6.45, 7) is 1.92. The van der Waals surface area contributed by atoms with Gasteiger partial charge in [-0.05, 0) is 41.8 Å². The highest BCUT2D eigenvalue weighted by Gasteiger charge is 2.14. The van der Waals surface area contributed by atoms with Gasteiger partial charge in [-0.3, -0.25) is 0 Å². The van der Waals surface area contributed by atoms with Gasteiger partial charge in [0.25, 0.3) is 0 Å². The Balaban J connectivity index is 2.35. The second kappa shape index (κ2) is 5.81. The maximum Gasteiger partial charge on any atom is 0.165 e. The van der Waals surface area contributed by atoms with Crippen molar-refractivity contribution in [3.8, 4) is 5.75 Å². The van der Waals surface area contributed by atoms with Gasteiger partial charge in [-0.1, -0.05) is 29.8 Å². The molecule has 4 heteroatoms. The fourth-order valence-electron chi connectivity index (χ4n) is 1.80. The molecule has 1 nitrogen and oxygen atoms in total. The number of rotatable bonds is 3. The van der Waals surface area contributed by atoms with Crippen molar-refractivity contribution in [2.24, 2.45) is 0 Å². The molecule has 0 aromatic heterocycles. The molecule has 100 valence electrons. The molecular weight excluding hydrogens is 286 g/mol. The fourth-order valence-corrected chi connectivity index (χ4v) is 2.26. The van der Waals surface area contributed by atoms with Gasteiger partial charge in [0.2, 0.25) is 0 Å². The predicted octanol–water partition coefficient (Wildman–Crippen LogP) is 5.12. The molecule has 0 radical (unpaired) electrons. The van der Waals surface area contributed by atoms with Crippen molar-refractivity contribution in [1.29, 1.82) is 0 Å². The van der Waals surface area contributed by atoms with Crippen LogP contribution in [0.1, 0.15) is 22.1 Å². The highest BCUT2D eigenvalue weighted by molar-refractivity contribution is 6.31. The third kappa shape index (κ3) is 3.02. The Kier molecular flexibility index (Phi) is 4.33. The predicted molar refractivity (Wildman–Crippen MR) is 76.8 cm³/mol. The van der Waals surface area contributed by atoms with Crippen molar-refractivity contribution in [3.63, 3.8) is 0 Å². The van der Waals surface area contributed by atoms with Crippen molar-refractivity contribution in [2.75, 3.05) is 7.11 Å². The largest absolute Gasteiger partial charge is 0.494 e.